The van der Waals surface area contributed by atoms with Gasteiger partial charge in [-0.25, -0.2) is 0 Å². The number of nitrogens with one attached hydrogen (secondary N) is 1. The van der Waals surface area contributed by atoms with Crippen molar-refractivity contribution in [1.29, 1.82) is 0 Å². The normalized spacial score (nSPS) is 23.0. The van der Waals surface area contributed by atoms with Crippen LogP contribution in [0.3, 0.4) is 0 Å². The highest BCUT2D eigenvalue weighted by molar-refractivity contribution is 5.85. The second kappa shape index (κ2) is 7.81. The Morgan fingerprint density at radius 1 is 1.04 bits per heavy atom. The van der Waals surface area contributed by atoms with E-state index in [2.05, 4.69) is 26.1 Å². The fourth-order valence-corrected chi connectivity index (χ4v) is 4.12. The maximum atomic E-state index is 12.4. The summed E-state index contributed by atoms with van der Waals surface area (Å²) < 4.78 is 0. The van der Waals surface area contributed by atoms with Crippen LogP contribution in [0.1, 0.15) is 80.6 Å². The van der Waals surface area contributed by atoms with Crippen molar-refractivity contribution < 1.29 is 9.59 Å². The first-order valence-electron chi connectivity index (χ1n) is 9.26. The molecule has 23 heavy (non-hydrogen) atoms. The van der Waals surface area contributed by atoms with Crippen LogP contribution in [0.2, 0.25) is 0 Å². The lowest BCUT2D eigenvalue weighted by Crippen LogP contribution is -2.42. The molecular weight excluding hydrogens is 286 g/mol. The van der Waals surface area contributed by atoms with Crippen LogP contribution in [0.4, 0.5) is 0 Å². The molecule has 1 aliphatic rings. The molecule has 1 N–H and O–H groups in total. The van der Waals surface area contributed by atoms with Crippen LogP contribution in [-0.2, 0) is 9.59 Å². The molecule has 0 radical (unpaired) electrons. The number of carbonyl (C=O) groups is 2. The van der Waals surface area contributed by atoms with Crippen LogP contribution in [0.15, 0.2) is 0 Å². The van der Waals surface area contributed by atoms with Crippen LogP contribution in [0, 0.1) is 28.6 Å². The molecule has 0 atom stereocenters. The molecular formula is C20H37NO2. The highest BCUT2D eigenvalue weighted by Crippen LogP contribution is 2.36. The summed E-state index contributed by atoms with van der Waals surface area (Å²) in [6, 6.07) is 0. The van der Waals surface area contributed by atoms with Crippen molar-refractivity contribution in [2.24, 2.45) is 28.6 Å². The third-order valence-corrected chi connectivity index (χ3v) is 5.24. The van der Waals surface area contributed by atoms with E-state index in [1.807, 2.05) is 27.7 Å². The fraction of sp³-hybridized carbons (Fsp3) is 0.900. The molecule has 0 aromatic rings. The monoisotopic (exact) mass is 323 g/mol. The van der Waals surface area contributed by atoms with E-state index < -0.39 is 0 Å². The number of hydrogen-bond acceptors (Lipinski definition) is 2. The van der Waals surface area contributed by atoms with Gasteiger partial charge in [-0.1, -0.05) is 48.5 Å². The molecule has 0 saturated heterocycles. The SMILES string of the molecule is CC1CCC(C(=O)NCC(C)(C)CC(C)(C)C(=O)C(C)C)CC1. The Balaban J connectivity index is 2.51. The molecule has 1 fully saturated rings. The molecule has 0 unspecified atom stereocenters. The summed E-state index contributed by atoms with van der Waals surface area (Å²) in [6.45, 7) is 15.2. The molecule has 0 spiro atoms. The summed E-state index contributed by atoms with van der Waals surface area (Å²) in [6.07, 6.45) is 5.16. The van der Waals surface area contributed by atoms with Crippen LogP contribution in [-0.4, -0.2) is 18.2 Å². The van der Waals surface area contributed by atoms with Crippen LogP contribution < -0.4 is 5.32 Å². The van der Waals surface area contributed by atoms with Gasteiger partial charge >= 0.3 is 0 Å². The van der Waals surface area contributed by atoms with Gasteiger partial charge in [0.25, 0.3) is 0 Å². The zero-order chi connectivity index (χ0) is 17.8. The Kier molecular flexibility index (Phi) is 6.85. The van der Waals surface area contributed by atoms with Crippen molar-refractivity contribution in [3.63, 3.8) is 0 Å². The second-order valence-corrected chi connectivity index (χ2v) is 9.42. The van der Waals surface area contributed by atoms with Crippen LogP contribution >= 0.6 is 0 Å². The average Bonchev–Trinajstić information content (AvgIpc) is 2.43. The molecule has 0 aromatic carbocycles. The molecule has 1 amide bonds. The number of Topliss-reactive ketones (excluding diaryl/α,β-unsaturated/α-hetero) is 1. The van der Waals surface area contributed by atoms with Crippen molar-refractivity contribution in [3.8, 4) is 0 Å². The largest absolute Gasteiger partial charge is 0.355 e. The summed E-state index contributed by atoms with van der Waals surface area (Å²) in [5.41, 5.74) is -0.422. The molecule has 3 heteroatoms. The molecule has 134 valence electrons. The standard InChI is InChI=1S/C20H37NO2/c1-14(2)17(22)20(6,7)12-19(4,5)13-21-18(23)16-10-8-15(3)9-11-16/h14-16H,8-13H2,1-7H3,(H,21,23). The van der Waals surface area contributed by atoms with E-state index in [1.54, 1.807) is 0 Å². The average molecular weight is 324 g/mol. The third kappa shape index (κ3) is 6.27. The minimum atomic E-state index is -0.345. The van der Waals surface area contributed by atoms with E-state index in [0.717, 1.165) is 38.0 Å². The summed E-state index contributed by atoms with van der Waals surface area (Å²) in [4.78, 5) is 24.8. The number of ketones is 1. The van der Waals surface area contributed by atoms with Gasteiger partial charge < -0.3 is 5.32 Å². The van der Waals surface area contributed by atoms with Crippen molar-refractivity contribution in [2.75, 3.05) is 6.54 Å². The summed E-state index contributed by atoms with van der Waals surface area (Å²) in [5, 5.41) is 3.15. The molecule has 1 aliphatic carbocycles. The first kappa shape index (κ1) is 20.2. The molecule has 3 nitrogen and oxygen atoms in total. The number of amides is 1. The first-order valence-corrected chi connectivity index (χ1v) is 9.26. The van der Waals surface area contributed by atoms with Gasteiger partial charge in [0, 0.05) is 23.8 Å². The Morgan fingerprint density at radius 3 is 2.04 bits per heavy atom. The molecule has 0 aromatic heterocycles. The van der Waals surface area contributed by atoms with Gasteiger partial charge in [0.1, 0.15) is 5.78 Å². The number of hydrogen-bond donors (Lipinski definition) is 1. The maximum absolute atomic E-state index is 12.4. The topological polar surface area (TPSA) is 46.2 Å². The molecule has 1 saturated carbocycles. The lowest BCUT2D eigenvalue weighted by molar-refractivity contribution is -0.131. The van der Waals surface area contributed by atoms with E-state index in [-0.39, 0.29) is 28.6 Å². The minimum Gasteiger partial charge on any atom is -0.355 e. The lowest BCUT2D eigenvalue weighted by atomic mass is 9.70. The van der Waals surface area contributed by atoms with Gasteiger partial charge in [0.15, 0.2) is 0 Å². The fourth-order valence-electron chi connectivity index (χ4n) is 4.12. The Morgan fingerprint density at radius 2 is 1.57 bits per heavy atom. The highest BCUT2D eigenvalue weighted by atomic mass is 16.2. The Labute approximate surface area is 143 Å². The lowest BCUT2D eigenvalue weighted by Gasteiger charge is -2.35. The van der Waals surface area contributed by atoms with Gasteiger partial charge in [-0.15, -0.1) is 0 Å². The smallest absolute Gasteiger partial charge is 0.223 e. The van der Waals surface area contributed by atoms with E-state index in [1.165, 1.54) is 0 Å². The van der Waals surface area contributed by atoms with E-state index >= 15 is 0 Å². The Bertz CT molecular complexity index is 415. The third-order valence-electron chi connectivity index (χ3n) is 5.24. The highest BCUT2D eigenvalue weighted by Gasteiger charge is 2.36. The summed E-state index contributed by atoms with van der Waals surface area (Å²) in [5.74, 6) is 1.52. The second-order valence-electron chi connectivity index (χ2n) is 9.42. The molecule has 1 rings (SSSR count). The van der Waals surface area contributed by atoms with Gasteiger partial charge in [-0.2, -0.15) is 0 Å². The van der Waals surface area contributed by atoms with Crippen molar-refractivity contribution in [3.05, 3.63) is 0 Å². The zero-order valence-corrected chi connectivity index (χ0v) is 16.3. The minimum absolute atomic E-state index is 0.0552. The molecule has 0 aliphatic heterocycles. The van der Waals surface area contributed by atoms with Crippen LogP contribution in [0.5, 0.6) is 0 Å². The summed E-state index contributed by atoms with van der Waals surface area (Å²) >= 11 is 0. The number of rotatable bonds is 7. The predicted molar refractivity (Wildman–Crippen MR) is 96.2 cm³/mol. The predicted octanol–water partition coefficient (Wildman–Crippen LogP) is 4.60. The van der Waals surface area contributed by atoms with E-state index in [9.17, 15) is 9.59 Å². The Hall–Kier alpha value is -0.860. The van der Waals surface area contributed by atoms with Gasteiger partial charge in [0.2, 0.25) is 5.91 Å². The quantitative estimate of drug-likeness (QED) is 0.744. The summed E-state index contributed by atoms with van der Waals surface area (Å²) in [7, 11) is 0. The van der Waals surface area contributed by atoms with Gasteiger partial charge in [-0.3, -0.25) is 9.59 Å². The van der Waals surface area contributed by atoms with E-state index in [0.29, 0.717) is 12.3 Å². The van der Waals surface area contributed by atoms with E-state index in [4.69, 9.17) is 0 Å². The van der Waals surface area contributed by atoms with Crippen molar-refractivity contribution >= 4 is 11.7 Å². The zero-order valence-electron chi connectivity index (χ0n) is 16.3. The van der Waals surface area contributed by atoms with Crippen molar-refractivity contribution in [1.82, 2.24) is 5.32 Å². The number of carbonyl (C=O) groups excluding carboxylic acids is 2. The molecule has 0 heterocycles. The molecule has 0 bridgehead atoms. The van der Waals surface area contributed by atoms with Crippen LogP contribution in [0.25, 0.3) is 0 Å². The maximum Gasteiger partial charge on any atom is 0.223 e. The first-order chi connectivity index (χ1) is 10.4. The van der Waals surface area contributed by atoms with Crippen molar-refractivity contribution in [2.45, 2.75) is 80.6 Å². The van der Waals surface area contributed by atoms with Gasteiger partial charge in [0.05, 0.1) is 0 Å². The van der Waals surface area contributed by atoms with Gasteiger partial charge in [-0.05, 0) is 43.4 Å².